The predicted octanol–water partition coefficient (Wildman–Crippen LogP) is 1.98. The molecule has 0 spiro atoms. The van der Waals surface area contributed by atoms with Gasteiger partial charge in [-0.25, -0.2) is 4.98 Å². The van der Waals surface area contributed by atoms with Crippen molar-refractivity contribution in [3.8, 4) is 0 Å². The molecule has 1 heterocycles. The first kappa shape index (κ1) is 16.7. The fourth-order valence-corrected chi connectivity index (χ4v) is 2.05. The third-order valence-electron chi connectivity index (χ3n) is 3.30. The Hall–Kier alpha value is -2.63. The monoisotopic (exact) mass is 315 g/mol. The number of hydrogen-bond donors (Lipinski definition) is 2. The van der Waals surface area contributed by atoms with Crippen LogP contribution >= 0.6 is 0 Å². The minimum atomic E-state index is -0.279. The first-order valence-corrected chi connectivity index (χ1v) is 7.67. The molecule has 0 saturated heterocycles. The Morgan fingerprint density at radius 1 is 1.17 bits per heavy atom. The first-order chi connectivity index (χ1) is 11.2. The SMILES string of the molecule is O=C(CCCC(=O)OCc1ccccc1)NCCc1cnc[nH]1. The van der Waals surface area contributed by atoms with Gasteiger partial charge >= 0.3 is 5.97 Å². The number of H-pyrrole nitrogens is 1. The number of ether oxygens (including phenoxy) is 1. The topological polar surface area (TPSA) is 84.1 Å². The Labute approximate surface area is 135 Å². The van der Waals surface area contributed by atoms with E-state index in [1.165, 1.54) is 0 Å². The molecule has 0 aliphatic carbocycles. The number of carbonyl (C=O) groups is 2. The molecule has 1 aromatic carbocycles. The van der Waals surface area contributed by atoms with Crippen LogP contribution in [0.15, 0.2) is 42.9 Å². The van der Waals surface area contributed by atoms with Crippen LogP contribution in [-0.4, -0.2) is 28.4 Å². The fraction of sp³-hybridized carbons (Fsp3) is 0.353. The van der Waals surface area contributed by atoms with E-state index in [1.54, 1.807) is 12.5 Å². The molecule has 0 bridgehead atoms. The lowest BCUT2D eigenvalue weighted by atomic mass is 10.2. The van der Waals surface area contributed by atoms with Gasteiger partial charge in [0.15, 0.2) is 0 Å². The molecule has 0 aliphatic rings. The van der Waals surface area contributed by atoms with Crippen LogP contribution < -0.4 is 5.32 Å². The summed E-state index contributed by atoms with van der Waals surface area (Å²) in [7, 11) is 0. The van der Waals surface area contributed by atoms with E-state index in [1.807, 2.05) is 30.3 Å². The first-order valence-electron chi connectivity index (χ1n) is 7.67. The number of aromatic amines is 1. The normalized spacial score (nSPS) is 10.3. The maximum atomic E-state index is 11.6. The summed E-state index contributed by atoms with van der Waals surface area (Å²) in [5.41, 5.74) is 1.94. The zero-order valence-electron chi connectivity index (χ0n) is 13.0. The molecule has 6 nitrogen and oxygen atoms in total. The van der Waals surface area contributed by atoms with E-state index in [-0.39, 0.29) is 24.9 Å². The van der Waals surface area contributed by atoms with Crippen molar-refractivity contribution >= 4 is 11.9 Å². The number of amides is 1. The van der Waals surface area contributed by atoms with Gasteiger partial charge in [-0.05, 0) is 12.0 Å². The van der Waals surface area contributed by atoms with Gasteiger partial charge < -0.3 is 15.0 Å². The molecule has 1 amide bonds. The molecule has 122 valence electrons. The number of nitrogens with one attached hydrogen (secondary N) is 2. The summed E-state index contributed by atoms with van der Waals surface area (Å²) in [5, 5.41) is 2.81. The minimum Gasteiger partial charge on any atom is -0.461 e. The quantitative estimate of drug-likeness (QED) is 0.693. The lowest BCUT2D eigenvalue weighted by Crippen LogP contribution is -2.25. The van der Waals surface area contributed by atoms with E-state index in [9.17, 15) is 9.59 Å². The van der Waals surface area contributed by atoms with Crippen molar-refractivity contribution in [2.75, 3.05) is 6.54 Å². The summed E-state index contributed by atoms with van der Waals surface area (Å²) in [5.74, 6) is -0.334. The highest BCUT2D eigenvalue weighted by atomic mass is 16.5. The van der Waals surface area contributed by atoms with Crippen LogP contribution in [-0.2, 0) is 27.4 Å². The summed E-state index contributed by atoms with van der Waals surface area (Å²) in [6.45, 7) is 0.829. The molecule has 0 radical (unpaired) electrons. The maximum absolute atomic E-state index is 11.6. The number of aromatic nitrogens is 2. The van der Waals surface area contributed by atoms with Crippen LogP contribution in [0.25, 0.3) is 0 Å². The van der Waals surface area contributed by atoms with Gasteiger partial charge in [0.05, 0.1) is 6.33 Å². The molecule has 0 aliphatic heterocycles. The molecular formula is C17H21N3O3. The molecule has 2 N–H and O–H groups in total. The summed E-state index contributed by atoms with van der Waals surface area (Å²) in [6, 6.07) is 9.52. The maximum Gasteiger partial charge on any atom is 0.306 e. The van der Waals surface area contributed by atoms with Crippen molar-refractivity contribution in [2.45, 2.75) is 32.3 Å². The summed E-state index contributed by atoms with van der Waals surface area (Å²) in [4.78, 5) is 30.1. The minimum absolute atomic E-state index is 0.0552. The highest BCUT2D eigenvalue weighted by Crippen LogP contribution is 2.04. The molecule has 1 aromatic heterocycles. The molecule has 2 rings (SSSR count). The largest absolute Gasteiger partial charge is 0.461 e. The summed E-state index contributed by atoms with van der Waals surface area (Å²) in [6.07, 6.45) is 5.12. The van der Waals surface area contributed by atoms with Gasteiger partial charge in [-0.2, -0.15) is 0 Å². The van der Waals surface area contributed by atoms with Gasteiger partial charge in [-0.15, -0.1) is 0 Å². The highest BCUT2D eigenvalue weighted by molar-refractivity contribution is 5.77. The summed E-state index contributed by atoms with van der Waals surface area (Å²) >= 11 is 0. The molecule has 2 aromatic rings. The number of esters is 1. The van der Waals surface area contributed by atoms with Crippen molar-refractivity contribution in [2.24, 2.45) is 0 Å². The molecular weight excluding hydrogens is 294 g/mol. The van der Waals surface area contributed by atoms with E-state index in [4.69, 9.17) is 4.74 Å². The molecule has 0 fully saturated rings. The van der Waals surface area contributed by atoms with Crippen LogP contribution in [0.4, 0.5) is 0 Å². The lowest BCUT2D eigenvalue weighted by molar-refractivity contribution is -0.145. The van der Waals surface area contributed by atoms with Gasteiger partial charge in [0.25, 0.3) is 0 Å². The van der Waals surface area contributed by atoms with Crippen molar-refractivity contribution < 1.29 is 14.3 Å². The highest BCUT2D eigenvalue weighted by Gasteiger charge is 2.06. The summed E-state index contributed by atoms with van der Waals surface area (Å²) < 4.78 is 5.16. The Morgan fingerprint density at radius 3 is 2.74 bits per heavy atom. The molecule has 23 heavy (non-hydrogen) atoms. The second kappa shape index (κ2) is 9.40. The van der Waals surface area contributed by atoms with Gasteiger partial charge in [0.2, 0.25) is 5.91 Å². The average molecular weight is 315 g/mol. The van der Waals surface area contributed by atoms with Gasteiger partial charge in [-0.3, -0.25) is 9.59 Å². The van der Waals surface area contributed by atoms with E-state index >= 15 is 0 Å². The second-order valence-electron chi connectivity index (χ2n) is 5.18. The van der Waals surface area contributed by atoms with Crippen molar-refractivity contribution in [3.05, 3.63) is 54.1 Å². The zero-order chi connectivity index (χ0) is 16.3. The lowest BCUT2D eigenvalue weighted by Gasteiger charge is -2.06. The number of rotatable bonds is 9. The van der Waals surface area contributed by atoms with Crippen molar-refractivity contribution in [1.29, 1.82) is 0 Å². The van der Waals surface area contributed by atoms with E-state index in [2.05, 4.69) is 15.3 Å². The van der Waals surface area contributed by atoms with Gasteiger partial charge in [-0.1, -0.05) is 30.3 Å². The average Bonchev–Trinajstić information content (AvgIpc) is 3.07. The zero-order valence-corrected chi connectivity index (χ0v) is 13.0. The molecule has 0 atom stereocenters. The van der Waals surface area contributed by atoms with Crippen LogP contribution in [0, 0.1) is 0 Å². The predicted molar refractivity (Wildman–Crippen MR) is 85.4 cm³/mol. The van der Waals surface area contributed by atoms with E-state index in [0.29, 0.717) is 25.8 Å². The third kappa shape index (κ3) is 6.78. The fourth-order valence-electron chi connectivity index (χ4n) is 2.05. The van der Waals surface area contributed by atoms with Crippen LogP contribution in [0.5, 0.6) is 0 Å². The van der Waals surface area contributed by atoms with Crippen molar-refractivity contribution in [3.63, 3.8) is 0 Å². The Balaban J connectivity index is 1.51. The number of carbonyl (C=O) groups excluding carboxylic acids is 2. The molecule has 6 heteroatoms. The molecule has 0 unspecified atom stereocenters. The molecule has 0 saturated carbocycles. The van der Waals surface area contributed by atoms with E-state index < -0.39 is 0 Å². The third-order valence-corrected chi connectivity index (χ3v) is 3.30. The van der Waals surface area contributed by atoms with Crippen molar-refractivity contribution in [1.82, 2.24) is 15.3 Å². The number of imidazole rings is 1. The Kier molecular flexibility index (Phi) is 6.84. The Morgan fingerprint density at radius 2 is 2.00 bits per heavy atom. The number of benzene rings is 1. The van der Waals surface area contributed by atoms with Crippen LogP contribution in [0.2, 0.25) is 0 Å². The Bertz CT molecular complexity index is 597. The van der Waals surface area contributed by atoms with Gasteiger partial charge in [0.1, 0.15) is 6.61 Å². The van der Waals surface area contributed by atoms with Crippen LogP contribution in [0.1, 0.15) is 30.5 Å². The van der Waals surface area contributed by atoms with Gasteiger partial charge in [0, 0.05) is 37.7 Å². The number of hydrogen-bond acceptors (Lipinski definition) is 4. The standard InChI is InChI=1S/C17H21N3O3/c21-16(19-10-9-15-11-18-13-20-15)7-4-8-17(22)23-12-14-5-2-1-3-6-14/h1-3,5-6,11,13H,4,7-10,12H2,(H,18,20)(H,19,21). The second-order valence-corrected chi connectivity index (χ2v) is 5.18. The number of nitrogens with zero attached hydrogens (tertiary/aromatic N) is 1. The van der Waals surface area contributed by atoms with Crippen LogP contribution in [0.3, 0.4) is 0 Å². The smallest absolute Gasteiger partial charge is 0.306 e. The van der Waals surface area contributed by atoms with E-state index in [0.717, 1.165) is 11.3 Å².